The number of nitrogens with one attached hydrogen (secondary N) is 1. The zero-order chi connectivity index (χ0) is 11.3. The minimum Gasteiger partial charge on any atom is -0.465 e. The highest BCUT2D eigenvalue weighted by molar-refractivity contribution is 14.1. The monoisotopic (exact) mass is 339 g/mol. The number of ether oxygens (including phenoxy) is 1. The normalized spacial score (nSPS) is 9.80. The van der Waals surface area contributed by atoms with E-state index in [-0.39, 0.29) is 12.5 Å². The van der Waals surface area contributed by atoms with E-state index in [2.05, 4.69) is 27.9 Å². The lowest BCUT2D eigenvalue weighted by atomic mass is 10.3. The molecule has 1 aromatic rings. The van der Waals surface area contributed by atoms with Gasteiger partial charge in [0.1, 0.15) is 6.54 Å². The Bertz CT molecular complexity index is 357. The number of halogens is 2. The molecule has 0 saturated heterocycles. The number of anilines is 1. The van der Waals surface area contributed by atoms with Crippen LogP contribution >= 0.6 is 34.2 Å². The molecule has 0 fully saturated rings. The third kappa shape index (κ3) is 4.25. The highest BCUT2D eigenvalue weighted by Crippen LogP contribution is 2.21. The third-order valence-corrected chi connectivity index (χ3v) is 2.79. The molecule has 5 heteroatoms. The first-order chi connectivity index (χ1) is 7.13. The van der Waals surface area contributed by atoms with Crippen LogP contribution < -0.4 is 5.32 Å². The summed E-state index contributed by atoms with van der Waals surface area (Å²) in [6, 6.07) is 5.44. The van der Waals surface area contributed by atoms with Crippen molar-refractivity contribution in [1.29, 1.82) is 0 Å². The fourth-order valence-electron chi connectivity index (χ4n) is 1.01. The van der Waals surface area contributed by atoms with Crippen molar-refractivity contribution in [1.82, 2.24) is 0 Å². The van der Waals surface area contributed by atoms with Gasteiger partial charge >= 0.3 is 5.97 Å². The second-order valence-corrected chi connectivity index (χ2v) is 4.38. The number of esters is 1. The third-order valence-electron chi connectivity index (χ3n) is 1.66. The van der Waals surface area contributed by atoms with Gasteiger partial charge in [0.05, 0.1) is 6.61 Å². The van der Waals surface area contributed by atoms with Crippen LogP contribution in [0.15, 0.2) is 18.2 Å². The van der Waals surface area contributed by atoms with Crippen molar-refractivity contribution >= 4 is 45.8 Å². The van der Waals surface area contributed by atoms with E-state index in [9.17, 15) is 4.79 Å². The molecule has 0 bridgehead atoms. The van der Waals surface area contributed by atoms with Gasteiger partial charge in [0, 0.05) is 14.3 Å². The van der Waals surface area contributed by atoms with Gasteiger partial charge in [-0.25, -0.2) is 0 Å². The lowest BCUT2D eigenvalue weighted by Crippen LogP contribution is -2.17. The van der Waals surface area contributed by atoms with Crippen LogP contribution in [0.2, 0.25) is 5.02 Å². The van der Waals surface area contributed by atoms with Crippen LogP contribution in [0.3, 0.4) is 0 Å². The largest absolute Gasteiger partial charge is 0.465 e. The van der Waals surface area contributed by atoms with Crippen LogP contribution in [0.5, 0.6) is 0 Å². The van der Waals surface area contributed by atoms with Crippen molar-refractivity contribution in [3.8, 4) is 0 Å². The van der Waals surface area contributed by atoms with Crippen molar-refractivity contribution in [2.24, 2.45) is 0 Å². The summed E-state index contributed by atoms with van der Waals surface area (Å²) < 4.78 is 5.77. The first-order valence-corrected chi connectivity index (χ1v) is 5.93. The molecule has 1 aromatic carbocycles. The maximum absolute atomic E-state index is 11.1. The maximum Gasteiger partial charge on any atom is 0.325 e. The average Bonchev–Trinajstić information content (AvgIpc) is 2.17. The molecule has 0 aliphatic carbocycles. The van der Waals surface area contributed by atoms with Gasteiger partial charge < -0.3 is 10.1 Å². The minimum atomic E-state index is -0.261. The number of hydrogen-bond donors (Lipinski definition) is 1. The van der Waals surface area contributed by atoms with Gasteiger partial charge in [0.2, 0.25) is 0 Å². The van der Waals surface area contributed by atoms with Crippen LogP contribution in [0.4, 0.5) is 5.69 Å². The molecular formula is C10H11ClINO2. The lowest BCUT2D eigenvalue weighted by molar-refractivity contribution is -0.140. The fourth-order valence-corrected chi connectivity index (χ4v) is 2.07. The lowest BCUT2D eigenvalue weighted by Gasteiger charge is -2.08. The zero-order valence-electron chi connectivity index (χ0n) is 8.22. The molecule has 1 rings (SSSR count). The maximum atomic E-state index is 11.1. The van der Waals surface area contributed by atoms with Crippen LogP contribution in [-0.4, -0.2) is 19.1 Å². The van der Waals surface area contributed by atoms with Crippen molar-refractivity contribution in [2.45, 2.75) is 6.92 Å². The molecular weight excluding hydrogens is 328 g/mol. The van der Waals surface area contributed by atoms with E-state index in [0.29, 0.717) is 11.6 Å². The van der Waals surface area contributed by atoms with Crippen LogP contribution in [0, 0.1) is 3.57 Å². The summed E-state index contributed by atoms with van der Waals surface area (Å²) in [6.07, 6.45) is 0. The van der Waals surface area contributed by atoms with E-state index < -0.39 is 0 Å². The Morgan fingerprint density at radius 1 is 1.60 bits per heavy atom. The smallest absolute Gasteiger partial charge is 0.325 e. The summed E-state index contributed by atoms with van der Waals surface area (Å²) in [5.41, 5.74) is 0.882. The second-order valence-electron chi connectivity index (χ2n) is 2.78. The molecule has 0 unspecified atom stereocenters. The van der Waals surface area contributed by atoms with Gasteiger partial charge in [-0.15, -0.1) is 0 Å². The van der Waals surface area contributed by atoms with E-state index in [1.807, 2.05) is 12.1 Å². The SMILES string of the molecule is CCOC(=O)CNc1ccc(Cl)cc1I. The van der Waals surface area contributed by atoms with Gasteiger partial charge in [-0.05, 0) is 47.7 Å². The number of hydrogen-bond acceptors (Lipinski definition) is 3. The summed E-state index contributed by atoms with van der Waals surface area (Å²) >= 11 is 7.96. The highest BCUT2D eigenvalue weighted by atomic mass is 127. The molecule has 0 radical (unpaired) electrons. The molecule has 0 aliphatic heterocycles. The highest BCUT2D eigenvalue weighted by Gasteiger charge is 2.04. The summed E-state index contributed by atoms with van der Waals surface area (Å²) in [5.74, 6) is -0.261. The van der Waals surface area contributed by atoms with Crippen molar-refractivity contribution in [3.63, 3.8) is 0 Å². The molecule has 15 heavy (non-hydrogen) atoms. The topological polar surface area (TPSA) is 38.3 Å². The van der Waals surface area contributed by atoms with Crippen molar-refractivity contribution in [2.75, 3.05) is 18.5 Å². The second kappa shape index (κ2) is 6.17. The van der Waals surface area contributed by atoms with E-state index >= 15 is 0 Å². The average molecular weight is 340 g/mol. The summed E-state index contributed by atoms with van der Waals surface area (Å²) in [4.78, 5) is 11.1. The predicted molar refractivity (Wildman–Crippen MR) is 69.3 cm³/mol. The Balaban J connectivity index is 2.54. The van der Waals surface area contributed by atoms with Crippen molar-refractivity contribution < 1.29 is 9.53 Å². The molecule has 3 nitrogen and oxygen atoms in total. The minimum absolute atomic E-state index is 0.172. The van der Waals surface area contributed by atoms with Gasteiger partial charge in [0.25, 0.3) is 0 Å². The summed E-state index contributed by atoms with van der Waals surface area (Å²) in [7, 11) is 0. The Morgan fingerprint density at radius 2 is 2.33 bits per heavy atom. The van der Waals surface area contributed by atoms with Crippen molar-refractivity contribution in [3.05, 3.63) is 26.8 Å². The molecule has 0 spiro atoms. The predicted octanol–water partition coefficient (Wildman–Crippen LogP) is 2.92. The Morgan fingerprint density at radius 3 is 2.93 bits per heavy atom. The molecule has 0 aromatic heterocycles. The molecule has 0 heterocycles. The van der Waals surface area contributed by atoms with E-state index in [0.717, 1.165) is 9.26 Å². The molecule has 0 saturated carbocycles. The molecule has 82 valence electrons. The number of rotatable bonds is 4. The number of carbonyl (C=O) groups is 1. The Kier molecular flexibility index (Phi) is 5.17. The first-order valence-electron chi connectivity index (χ1n) is 4.48. The zero-order valence-corrected chi connectivity index (χ0v) is 11.1. The summed E-state index contributed by atoms with van der Waals surface area (Å²) in [6.45, 7) is 2.35. The fraction of sp³-hybridized carbons (Fsp3) is 0.300. The van der Waals surface area contributed by atoms with Crippen LogP contribution in [0.25, 0.3) is 0 Å². The molecule has 0 aliphatic rings. The van der Waals surface area contributed by atoms with Crippen LogP contribution in [0.1, 0.15) is 6.92 Å². The van der Waals surface area contributed by atoms with E-state index in [4.69, 9.17) is 16.3 Å². The van der Waals surface area contributed by atoms with Gasteiger partial charge in [-0.1, -0.05) is 11.6 Å². The number of carbonyl (C=O) groups excluding carboxylic acids is 1. The quantitative estimate of drug-likeness (QED) is 0.677. The standard InChI is InChI=1S/C10H11ClINO2/c1-2-15-10(14)6-13-9-4-3-7(11)5-8(9)12/h3-5,13H,2,6H2,1H3. The summed E-state index contributed by atoms with van der Waals surface area (Å²) in [5, 5.41) is 3.67. The van der Waals surface area contributed by atoms with Crippen LogP contribution in [-0.2, 0) is 9.53 Å². The van der Waals surface area contributed by atoms with Gasteiger partial charge in [-0.3, -0.25) is 4.79 Å². The van der Waals surface area contributed by atoms with Gasteiger partial charge in [0.15, 0.2) is 0 Å². The Labute approximate surface area is 107 Å². The van der Waals surface area contributed by atoms with Gasteiger partial charge in [-0.2, -0.15) is 0 Å². The molecule has 0 amide bonds. The molecule has 0 atom stereocenters. The van der Waals surface area contributed by atoms with E-state index in [1.54, 1.807) is 13.0 Å². The molecule has 1 N–H and O–H groups in total. The number of benzene rings is 1. The Hall–Kier alpha value is -0.490. The first kappa shape index (κ1) is 12.6. The van der Waals surface area contributed by atoms with E-state index in [1.165, 1.54) is 0 Å².